The Hall–Kier alpha value is -3.32. The molecule has 0 unspecified atom stereocenters. The van der Waals surface area contributed by atoms with Gasteiger partial charge >= 0.3 is 5.97 Å². The molecule has 7 nitrogen and oxygen atoms in total. The minimum Gasteiger partial charge on any atom is -0.468 e. The Kier molecular flexibility index (Phi) is 6.51. The number of benzene rings is 1. The summed E-state index contributed by atoms with van der Waals surface area (Å²) in [4.78, 5) is 25.7. The van der Waals surface area contributed by atoms with Crippen LogP contribution in [-0.4, -0.2) is 30.9 Å². The number of hydrogen-bond acceptors (Lipinski definition) is 6. The number of nitrogens with one attached hydrogen (secondary N) is 1. The van der Waals surface area contributed by atoms with Crippen molar-refractivity contribution in [2.75, 3.05) is 14.2 Å². The largest absolute Gasteiger partial charge is 0.468 e. The average Bonchev–Trinajstić information content (AvgIpc) is 3.36. The van der Waals surface area contributed by atoms with Crippen LogP contribution >= 0.6 is 0 Å². The highest BCUT2D eigenvalue weighted by Gasteiger charge is 2.19. The van der Waals surface area contributed by atoms with E-state index in [1.807, 2.05) is 37.3 Å². The minimum absolute atomic E-state index is 0.120. The number of furan rings is 2. The fourth-order valence-electron chi connectivity index (χ4n) is 3.10. The molecule has 2 heterocycles. The molecular weight excluding hydrogens is 372 g/mol. The third kappa shape index (κ3) is 5.14. The Morgan fingerprint density at radius 1 is 1.07 bits per heavy atom. The maximum absolute atomic E-state index is 11.8. The summed E-state index contributed by atoms with van der Waals surface area (Å²) in [5, 5.41) is 2.61. The number of amides is 1. The number of esters is 1. The maximum Gasteiger partial charge on any atom is 0.374 e. The SMILES string of the molecule is CNC(=O)c1ccc(CN(Cc2ccco2)Cc2cc(C)c(C(=O)OC)o2)cc1. The summed E-state index contributed by atoms with van der Waals surface area (Å²) < 4.78 is 16.0. The summed E-state index contributed by atoms with van der Waals surface area (Å²) in [5.41, 5.74) is 2.39. The Morgan fingerprint density at radius 3 is 2.41 bits per heavy atom. The molecule has 0 aliphatic heterocycles. The lowest BCUT2D eigenvalue weighted by atomic mass is 10.1. The van der Waals surface area contributed by atoms with Crippen LogP contribution in [0.25, 0.3) is 0 Å². The van der Waals surface area contributed by atoms with Gasteiger partial charge in [0.15, 0.2) is 0 Å². The number of carbonyl (C=O) groups excluding carboxylic acids is 2. The van der Waals surface area contributed by atoms with Gasteiger partial charge in [0.2, 0.25) is 5.76 Å². The van der Waals surface area contributed by atoms with Crippen molar-refractivity contribution in [3.8, 4) is 0 Å². The van der Waals surface area contributed by atoms with Crippen LogP contribution in [0.2, 0.25) is 0 Å². The van der Waals surface area contributed by atoms with E-state index >= 15 is 0 Å². The van der Waals surface area contributed by atoms with Crippen LogP contribution in [0, 0.1) is 6.92 Å². The summed E-state index contributed by atoms with van der Waals surface area (Å²) >= 11 is 0. The third-order valence-corrected chi connectivity index (χ3v) is 4.53. The lowest BCUT2D eigenvalue weighted by Gasteiger charge is -2.20. The Bertz CT molecular complexity index is 958. The quantitative estimate of drug-likeness (QED) is 0.587. The monoisotopic (exact) mass is 396 g/mol. The molecule has 7 heteroatoms. The summed E-state index contributed by atoms with van der Waals surface area (Å²) in [6.45, 7) is 3.48. The van der Waals surface area contributed by atoms with Crippen LogP contribution in [0.5, 0.6) is 0 Å². The van der Waals surface area contributed by atoms with Crippen LogP contribution in [0.15, 0.2) is 57.6 Å². The molecule has 0 spiro atoms. The van der Waals surface area contributed by atoms with Crippen LogP contribution in [0.4, 0.5) is 0 Å². The minimum atomic E-state index is -0.490. The third-order valence-electron chi connectivity index (χ3n) is 4.53. The zero-order chi connectivity index (χ0) is 20.8. The van der Waals surface area contributed by atoms with Crippen molar-refractivity contribution in [2.45, 2.75) is 26.6 Å². The van der Waals surface area contributed by atoms with E-state index in [-0.39, 0.29) is 11.7 Å². The van der Waals surface area contributed by atoms with Gasteiger partial charge in [-0.05, 0) is 42.8 Å². The molecule has 0 aliphatic rings. The highest BCUT2D eigenvalue weighted by Crippen LogP contribution is 2.20. The molecule has 1 amide bonds. The molecule has 3 aromatic rings. The lowest BCUT2D eigenvalue weighted by Crippen LogP contribution is -2.22. The molecule has 1 aromatic carbocycles. The molecule has 2 aromatic heterocycles. The van der Waals surface area contributed by atoms with Gasteiger partial charge in [-0.3, -0.25) is 9.69 Å². The Morgan fingerprint density at radius 2 is 1.79 bits per heavy atom. The van der Waals surface area contributed by atoms with Gasteiger partial charge < -0.3 is 18.9 Å². The molecule has 0 saturated carbocycles. The molecule has 0 atom stereocenters. The first-order valence-corrected chi connectivity index (χ1v) is 9.23. The summed E-state index contributed by atoms with van der Waals surface area (Å²) in [6, 6.07) is 13.0. The van der Waals surface area contributed by atoms with E-state index in [0.29, 0.717) is 31.0 Å². The molecule has 0 radical (unpaired) electrons. The first-order valence-electron chi connectivity index (χ1n) is 9.23. The van der Waals surface area contributed by atoms with Gasteiger partial charge in [-0.25, -0.2) is 4.79 Å². The zero-order valence-electron chi connectivity index (χ0n) is 16.7. The topological polar surface area (TPSA) is 84.9 Å². The second-order valence-electron chi connectivity index (χ2n) is 6.72. The van der Waals surface area contributed by atoms with Crippen molar-refractivity contribution in [1.29, 1.82) is 0 Å². The van der Waals surface area contributed by atoms with Crippen molar-refractivity contribution in [3.05, 3.63) is 82.7 Å². The van der Waals surface area contributed by atoms with E-state index in [1.165, 1.54) is 7.11 Å². The number of rotatable bonds is 8. The van der Waals surface area contributed by atoms with E-state index < -0.39 is 5.97 Å². The van der Waals surface area contributed by atoms with Crippen molar-refractivity contribution < 1.29 is 23.2 Å². The standard InChI is InChI=1S/C22H24N2O5/c1-15-11-19(29-20(15)22(26)27-3)14-24(13-18-5-4-10-28-18)12-16-6-8-17(9-7-16)21(25)23-2/h4-11H,12-14H2,1-3H3,(H,23,25). The normalized spacial score (nSPS) is 10.9. The number of methoxy groups -OCH3 is 1. The summed E-state index contributed by atoms with van der Waals surface area (Å²) in [5.74, 6) is 1.09. The van der Waals surface area contributed by atoms with Gasteiger partial charge in [0.1, 0.15) is 11.5 Å². The van der Waals surface area contributed by atoms with Crippen LogP contribution in [-0.2, 0) is 24.4 Å². The molecule has 152 valence electrons. The summed E-state index contributed by atoms with van der Waals surface area (Å²) in [7, 11) is 2.94. The Labute approximate surface area is 169 Å². The lowest BCUT2D eigenvalue weighted by molar-refractivity contribution is 0.0559. The van der Waals surface area contributed by atoms with Gasteiger partial charge in [-0.1, -0.05) is 12.1 Å². The number of hydrogen-bond donors (Lipinski definition) is 1. The van der Waals surface area contributed by atoms with E-state index in [1.54, 1.807) is 25.4 Å². The highest BCUT2D eigenvalue weighted by molar-refractivity contribution is 5.93. The van der Waals surface area contributed by atoms with E-state index in [4.69, 9.17) is 13.6 Å². The second kappa shape index (κ2) is 9.25. The predicted octanol–water partition coefficient (Wildman–Crippen LogP) is 3.53. The highest BCUT2D eigenvalue weighted by atomic mass is 16.5. The molecule has 0 fully saturated rings. The van der Waals surface area contributed by atoms with Gasteiger partial charge in [-0.15, -0.1) is 0 Å². The molecule has 3 rings (SSSR count). The van der Waals surface area contributed by atoms with Crippen molar-refractivity contribution in [1.82, 2.24) is 10.2 Å². The van der Waals surface area contributed by atoms with Crippen molar-refractivity contribution in [2.24, 2.45) is 0 Å². The van der Waals surface area contributed by atoms with Crippen molar-refractivity contribution >= 4 is 11.9 Å². The number of aryl methyl sites for hydroxylation is 1. The fraction of sp³-hybridized carbons (Fsp3) is 0.273. The molecule has 0 saturated heterocycles. The predicted molar refractivity (Wildman–Crippen MR) is 106 cm³/mol. The summed E-state index contributed by atoms with van der Waals surface area (Å²) in [6.07, 6.45) is 1.64. The van der Waals surface area contributed by atoms with E-state index in [0.717, 1.165) is 16.9 Å². The van der Waals surface area contributed by atoms with Gasteiger partial charge in [0.25, 0.3) is 5.91 Å². The smallest absolute Gasteiger partial charge is 0.374 e. The number of ether oxygens (including phenoxy) is 1. The van der Waals surface area contributed by atoms with Gasteiger partial charge in [0.05, 0.1) is 26.5 Å². The first-order chi connectivity index (χ1) is 14.0. The first kappa shape index (κ1) is 20.4. The molecule has 0 aliphatic carbocycles. The molecule has 1 N–H and O–H groups in total. The van der Waals surface area contributed by atoms with Crippen LogP contribution < -0.4 is 5.32 Å². The number of carbonyl (C=O) groups is 2. The van der Waals surface area contributed by atoms with Gasteiger partial charge in [-0.2, -0.15) is 0 Å². The molecular formula is C22H24N2O5. The van der Waals surface area contributed by atoms with Crippen molar-refractivity contribution in [3.63, 3.8) is 0 Å². The van der Waals surface area contributed by atoms with Crippen LogP contribution in [0.1, 0.15) is 43.6 Å². The number of nitrogens with zero attached hydrogens (tertiary/aromatic N) is 1. The molecule has 29 heavy (non-hydrogen) atoms. The second-order valence-corrected chi connectivity index (χ2v) is 6.72. The fourth-order valence-corrected chi connectivity index (χ4v) is 3.10. The average molecular weight is 396 g/mol. The van der Waals surface area contributed by atoms with E-state index in [2.05, 4.69) is 10.2 Å². The van der Waals surface area contributed by atoms with Crippen LogP contribution in [0.3, 0.4) is 0 Å². The zero-order valence-corrected chi connectivity index (χ0v) is 16.7. The van der Waals surface area contributed by atoms with Gasteiger partial charge in [0, 0.05) is 24.7 Å². The Balaban J connectivity index is 1.78. The molecule has 0 bridgehead atoms. The van der Waals surface area contributed by atoms with E-state index in [9.17, 15) is 9.59 Å². The maximum atomic E-state index is 11.8.